The lowest BCUT2D eigenvalue weighted by Crippen LogP contribution is -2.29. The van der Waals surface area contributed by atoms with Crippen molar-refractivity contribution in [2.75, 3.05) is 13.7 Å². The lowest BCUT2D eigenvalue weighted by Gasteiger charge is -2.06. The molecule has 0 saturated carbocycles. The van der Waals surface area contributed by atoms with Crippen molar-refractivity contribution >= 4 is 23.5 Å². The van der Waals surface area contributed by atoms with Crippen LogP contribution in [0.1, 0.15) is 0 Å². The molecule has 1 aromatic carbocycles. The molecule has 16 heavy (non-hydrogen) atoms. The highest BCUT2D eigenvalue weighted by molar-refractivity contribution is 6.58. The van der Waals surface area contributed by atoms with Gasteiger partial charge in [-0.05, 0) is 23.0 Å². The van der Waals surface area contributed by atoms with Crippen LogP contribution in [0.3, 0.4) is 0 Å². The molecule has 0 amide bonds. The molecule has 1 heterocycles. The molecule has 0 fully saturated rings. The monoisotopic (exact) mass is 219 g/mol. The quantitative estimate of drug-likeness (QED) is 0.710. The summed E-state index contributed by atoms with van der Waals surface area (Å²) in [5.74, 6) is 0. The Balaban J connectivity index is 2.39. The zero-order valence-corrected chi connectivity index (χ0v) is 9.13. The summed E-state index contributed by atoms with van der Waals surface area (Å²) in [6.45, 7) is 1.39. The van der Waals surface area contributed by atoms with Crippen LogP contribution in [0.15, 0.2) is 30.5 Å². The number of ether oxygens (including phenoxy) is 1. The van der Waals surface area contributed by atoms with Crippen LogP contribution < -0.4 is 5.46 Å². The van der Waals surface area contributed by atoms with Crippen molar-refractivity contribution in [1.82, 2.24) is 4.57 Å². The van der Waals surface area contributed by atoms with Gasteiger partial charge in [-0.15, -0.1) is 0 Å². The summed E-state index contributed by atoms with van der Waals surface area (Å²) >= 11 is 0. The zero-order chi connectivity index (χ0) is 11.5. The van der Waals surface area contributed by atoms with Gasteiger partial charge in [-0.25, -0.2) is 0 Å². The van der Waals surface area contributed by atoms with E-state index >= 15 is 0 Å². The van der Waals surface area contributed by atoms with E-state index in [1.165, 1.54) is 0 Å². The van der Waals surface area contributed by atoms with Crippen LogP contribution in [0.25, 0.3) is 10.9 Å². The van der Waals surface area contributed by atoms with Gasteiger partial charge in [-0.2, -0.15) is 0 Å². The third kappa shape index (κ3) is 2.11. The van der Waals surface area contributed by atoms with Crippen LogP contribution in [0.5, 0.6) is 0 Å². The van der Waals surface area contributed by atoms with Crippen LogP contribution in [0.2, 0.25) is 0 Å². The number of aromatic nitrogens is 1. The molecule has 2 N–H and O–H groups in total. The minimum atomic E-state index is -1.42. The number of methoxy groups -OCH3 is 1. The number of hydrogen-bond acceptors (Lipinski definition) is 3. The first-order valence-corrected chi connectivity index (χ1v) is 5.16. The van der Waals surface area contributed by atoms with Gasteiger partial charge in [0.05, 0.1) is 6.61 Å². The molecule has 0 spiro atoms. The number of fused-ring (bicyclic) bond motifs is 1. The minimum Gasteiger partial charge on any atom is -0.423 e. The van der Waals surface area contributed by atoms with Crippen LogP contribution in [-0.4, -0.2) is 35.5 Å². The van der Waals surface area contributed by atoms with Crippen molar-refractivity contribution < 1.29 is 14.8 Å². The lowest BCUT2D eigenvalue weighted by molar-refractivity contribution is 0.188. The van der Waals surface area contributed by atoms with Gasteiger partial charge in [-0.1, -0.05) is 12.1 Å². The smallest absolute Gasteiger partial charge is 0.423 e. The summed E-state index contributed by atoms with van der Waals surface area (Å²) < 4.78 is 7.05. The fourth-order valence-corrected chi connectivity index (χ4v) is 1.75. The predicted octanol–water partition coefficient (Wildman–Crippen LogP) is -0.0325. The van der Waals surface area contributed by atoms with Crippen LogP contribution in [-0.2, 0) is 11.3 Å². The van der Waals surface area contributed by atoms with E-state index in [0.717, 1.165) is 17.4 Å². The molecule has 5 heteroatoms. The molecule has 0 saturated heterocycles. The van der Waals surface area contributed by atoms with E-state index in [-0.39, 0.29) is 0 Å². The first-order chi connectivity index (χ1) is 7.72. The second-order valence-corrected chi connectivity index (χ2v) is 3.69. The first kappa shape index (κ1) is 11.2. The second-order valence-electron chi connectivity index (χ2n) is 3.69. The largest absolute Gasteiger partial charge is 0.488 e. The second kappa shape index (κ2) is 4.70. The molecule has 0 radical (unpaired) electrons. The van der Waals surface area contributed by atoms with E-state index in [4.69, 9.17) is 14.8 Å². The van der Waals surface area contributed by atoms with E-state index in [0.29, 0.717) is 12.1 Å². The average molecular weight is 219 g/mol. The van der Waals surface area contributed by atoms with Crippen molar-refractivity contribution in [3.63, 3.8) is 0 Å². The summed E-state index contributed by atoms with van der Waals surface area (Å²) in [7, 11) is 0.240. The number of benzene rings is 1. The van der Waals surface area contributed by atoms with Gasteiger partial charge in [0.1, 0.15) is 0 Å². The summed E-state index contributed by atoms with van der Waals surface area (Å²) in [4.78, 5) is 0. The molecule has 0 bridgehead atoms. The highest BCUT2D eigenvalue weighted by Gasteiger charge is 2.12. The standard InChI is InChI=1S/C11H14BNO3/c1-16-7-6-13-5-4-9-2-3-10(12(14)15)8-11(9)13/h2-5,8,14-15H,6-7H2,1H3. The van der Waals surface area contributed by atoms with Gasteiger partial charge in [0.25, 0.3) is 0 Å². The molecular weight excluding hydrogens is 205 g/mol. The van der Waals surface area contributed by atoms with Crippen molar-refractivity contribution in [2.45, 2.75) is 6.54 Å². The van der Waals surface area contributed by atoms with Crippen LogP contribution in [0, 0.1) is 0 Å². The molecule has 0 aliphatic rings. The van der Waals surface area contributed by atoms with Crippen molar-refractivity contribution in [1.29, 1.82) is 0 Å². The predicted molar refractivity (Wildman–Crippen MR) is 63.6 cm³/mol. The fraction of sp³-hybridized carbons (Fsp3) is 0.273. The van der Waals surface area contributed by atoms with E-state index in [1.807, 2.05) is 22.9 Å². The minimum absolute atomic E-state index is 0.505. The molecule has 0 aliphatic carbocycles. The van der Waals surface area contributed by atoms with Gasteiger partial charge < -0.3 is 19.4 Å². The maximum Gasteiger partial charge on any atom is 0.488 e. The lowest BCUT2D eigenvalue weighted by atomic mass is 9.80. The SMILES string of the molecule is COCCn1ccc2ccc(B(O)O)cc21. The Morgan fingerprint density at radius 2 is 2.12 bits per heavy atom. The third-order valence-electron chi connectivity index (χ3n) is 2.63. The van der Waals surface area contributed by atoms with Gasteiger partial charge in [0.15, 0.2) is 0 Å². The summed E-state index contributed by atoms with van der Waals surface area (Å²) in [6.07, 6.45) is 1.97. The van der Waals surface area contributed by atoms with E-state index in [1.54, 1.807) is 19.2 Å². The van der Waals surface area contributed by atoms with E-state index < -0.39 is 7.12 Å². The Labute approximate surface area is 94.2 Å². The molecular formula is C11H14BNO3. The molecule has 84 valence electrons. The topological polar surface area (TPSA) is 54.6 Å². The molecule has 0 atom stereocenters. The average Bonchev–Trinajstić information content (AvgIpc) is 2.68. The maximum atomic E-state index is 9.11. The van der Waals surface area contributed by atoms with Crippen molar-refractivity contribution in [2.24, 2.45) is 0 Å². The Bertz CT molecular complexity index is 481. The van der Waals surface area contributed by atoms with Crippen molar-refractivity contribution in [3.05, 3.63) is 30.5 Å². The van der Waals surface area contributed by atoms with Gasteiger partial charge in [0, 0.05) is 25.4 Å². The highest BCUT2D eigenvalue weighted by Crippen LogP contribution is 2.14. The van der Waals surface area contributed by atoms with Gasteiger partial charge in [0.2, 0.25) is 0 Å². The number of rotatable bonds is 4. The highest BCUT2D eigenvalue weighted by atomic mass is 16.5. The third-order valence-corrected chi connectivity index (χ3v) is 2.63. The number of hydrogen-bond donors (Lipinski definition) is 2. The normalized spacial score (nSPS) is 10.9. The summed E-state index contributed by atoms with van der Waals surface area (Å²) in [5.41, 5.74) is 1.49. The molecule has 2 rings (SSSR count). The van der Waals surface area contributed by atoms with Crippen molar-refractivity contribution in [3.8, 4) is 0 Å². The van der Waals surface area contributed by atoms with E-state index in [2.05, 4.69) is 0 Å². The Hall–Kier alpha value is -1.30. The first-order valence-electron chi connectivity index (χ1n) is 5.16. The van der Waals surface area contributed by atoms with Gasteiger partial charge in [-0.3, -0.25) is 0 Å². The number of nitrogens with zero attached hydrogens (tertiary/aromatic N) is 1. The Morgan fingerprint density at radius 3 is 2.81 bits per heavy atom. The fourth-order valence-electron chi connectivity index (χ4n) is 1.75. The molecule has 0 unspecified atom stereocenters. The Morgan fingerprint density at radius 1 is 1.31 bits per heavy atom. The van der Waals surface area contributed by atoms with Crippen LogP contribution in [0.4, 0.5) is 0 Å². The molecule has 2 aromatic rings. The Kier molecular flexibility index (Phi) is 3.29. The van der Waals surface area contributed by atoms with Gasteiger partial charge >= 0.3 is 7.12 Å². The zero-order valence-electron chi connectivity index (χ0n) is 9.13. The summed E-state index contributed by atoms with van der Waals surface area (Å²) in [6, 6.07) is 7.38. The van der Waals surface area contributed by atoms with E-state index in [9.17, 15) is 0 Å². The molecule has 1 aromatic heterocycles. The molecule has 0 aliphatic heterocycles. The molecule has 4 nitrogen and oxygen atoms in total. The van der Waals surface area contributed by atoms with Crippen LogP contribution >= 0.6 is 0 Å². The maximum absolute atomic E-state index is 9.11. The summed E-state index contributed by atoms with van der Waals surface area (Å²) in [5, 5.41) is 19.3.